The predicted molar refractivity (Wildman–Crippen MR) is 83.8 cm³/mol. The van der Waals surface area contributed by atoms with Gasteiger partial charge in [0.2, 0.25) is 5.91 Å². The Hall–Kier alpha value is -2.34. The fraction of sp³-hybridized carbons (Fsp3) is 0.133. The summed E-state index contributed by atoms with van der Waals surface area (Å²) < 4.78 is 17.2. The summed E-state index contributed by atoms with van der Waals surface area (Å²) in [6.45, 7) is 0. The molecule has 0 aliphatic carbocycles. The van der Waals surface area contributed by atoms with Crippen LogP contribution in [0.25, 0.3) is 0 Å². The third-order valence-corrected chi connectivity index (χ3v) is 4.04. The zero-order valence-corrected chi connectivity index (χ0v) is 12.4. The van der Waals surface area contributed by atoms with Gasteiger partial charge >= 0.3 is 0 Å². The van der Waals surface area contributed by atoms with Gasteiger partial charge < -0.3 is 15.8 Å². The van der Waals surface area contributed by atoms with E-state index in [9.17, 15) is 9.00 Å². The lowest BCUT2D eigenvalue weighted by atomic mass is 10.3. The van der Waals surface area contributed by atoms with Gasteiger partial charge in [0.25, 0.3) is 0 Å². The maximum atomic E-state index is 12.1. The molecule has 0 radical (unpaired) electrons. The van der Waals surface area contributed by atoms with Crippen molar-refractivity contribution in [2.45, 2.75) is 4.90 Å². The lowest BCUT2D eigenvalue weighted by Gasteiger charge is -2.07. The summed E-state index contributed by atoms with van der Waals surface area (Å²) in [6.07, 6.45) is 0. The van der Waals surface area contributed by atoms with Crippen LogP contribution in [0.15, 0.2) is 53.4 Å². The van der Waals surface area contributed by atoms with E-state index in [1.165, 1.54) is 0 Å². The quantitative estimate of drug-likeness (QED) is 0.828. The van der Waals surface area contributed by atoms with Crippen LogP contribution >= 0.6 is 0 Å². The number of hydrogen-bond acceptors (Lipinski definition) is 4. The maximum Gasteiger partial charge on any atom is 0.237 e. The van der Waals surface area contributed by atoms with Crippen LogP contribution in [0.3, 0.4) is 0 Å². The van der Waals surface area contributed by atoms with Crippen molar-refractivity contribution < 1.29 is 13.7 Å². The van der Waals surface area contributed by atoms with Crippen molar-refractivity contribution in [1.29, 1.82) is 0 Å². The number of carbonyl (C=O) groups is 1. The third kappa shape index (κ3) is 4.32. The lowest BCUT2D eigenvalue weighted by molar-refractivity contribution is -0.113. The van der Waals surface area contributed by atoms with Crippen molar-refractivity contribution in [2.24, 2.45) is 0 Å². The Bertz CT molecular complexity index is 673. The summed E-state index contributed by atoms with van der Waals surface area (Å²) >= 11 is 0. The zero-order chi connectivity index (χ0) is 15.2. The fourth-order valence-electron chi connectivity index (χ4n) is 1.76. The Morgan fingerprint density at radius 2 is 2.00 bits per heavy atom. The van der Waals surface area contributed by atoms with Crippen LogP contribution in [0.5, 0.6) is 5.75 Å². The number of ether oxygens (including phenoxy) is 1. The summed E-state index contributed by atoms with van der Waals surface area (Å²) in [4.78, 5) is 12.4. The van der Waals surface area contributed by atoms with Gasteiger partial charge in [-0.3, -0.25) is 9.00 Å². The van der Waals surface area contributed by atoms with E-state index < -0.39 is 10.8 Å². The van der Waals surface area contributed by atoms with E-state index in [1.54, 1.807) is 55.6 Å². The summed E-state index contributed by atoms with van der Waals surface area (Å²) in [5, 5.41) is 2.69. The van der Waals surface area contributed by atoms with Crippen molar-refractivity contribution in [2.75, 3.05) is 23.9 Å². The number of benzene rings is 2. The molecule has 2 aromatic rings. The maximum absolute atomic E-state index is 12.1. The highest BCUT2D eigenvalue weighted by Gasteiger charge is 2.11. The van der Waals surface area contributed by atoms with Gasteiger partial charge in [0.15, 0.2) is 0 Å². The number of hydrogen-bond donors (Lipinski definition) is 2. The van der Waals surface area contributed by atoms with E-state index in [1.807, 2.05) is 0 Å². The van der Waals surface area contributed by atoms with Gasteiger partial charge in [-0.1, -0.05) is 12.1 Å². The number of rotatable bonds is 5. The zero-order valence-electron chi connectivity index (χ0n) is 11.5. The van der Waals surface area contributed by atoms with E-state index in [-0.39, 0.29) is 11.7 Å². The number of amides is 1. The molecule has 0 aliphatic rings. The second-order valence-electron chi connectivity index (χ2n) is 4.34. The Kier molecular flexibility index (Phi) is 4.94. The molecule has 1 atom stereocenters. The molecule has 0 aliphatic heterocycles. The van der Waals surface area contributed by atoms with E-state index in [2.05, 4.69) is 5.32 Å². The SMILES string of the molecule is COc1cccc(NC(=O)CS(=O)c2cccc(N)c2)c1. The molecule has 2 rings (SSSR count). The van der Waals surface area contributed by atoms with Crippen molar-refractivity contribution in [3.63, 3.8) is 0 Å². The highest BCUT2D eigenvalue weighted by atomic mass is 32.2. The predicted octanol–water partition coefficient (Wildman–Crippen LogP) is 2.02. The molecule has 3 N–H and O–H groups in total. The smallest absolute Gasteiger partial charge is 0.237 e. The van der Waals surface area contributed by atoms with E-state index in [0.717, 1.165) is 0 Å². The first-order valence-corrected chi connectivity index (χ1v) is 7.58. The normalized spacial score (nSPS) is 11.7. The topological polar surface area (TPSA) is 81.4 Å². The molecular formula is C15H16N2O3S. The summed E-state index contributed by atoms with van der Waals surface area (Å²) in [7, 11) is 0.124. The van der Waals surface area contributed by atoms with Gasteiger partial charge in [-0.15, -0.1) is 0 Å². The standard InChI is InChI=1S/C15H16N2O3S/c1-20-13-6-3-5-12(9-13)17-15(18)10-21(19)14-7-2-4-11(16)8-14/h2-9H,10,16H2,1H3,(H,17,18). The Balaban J connectivity index is 1.99. The van der Waals surface area contributed by atoms with Gasteiger partial charge in [0.05, 0.1) is 17.9 Å². The average Bonchev–Trinajstić information content (AvgIpc) is 2.47. The molecular weight excluding hydrogens is 288 g/mol. The van der Waals surface area contributed by atoms with Crippen molar-refractivity contribution >= 4 is 28.1 Å². The van der Waals surface area contributed by atoms with Crippen molar-refractivity contribution in [3.05, 3.63) is 48.5 Å². The van der Waals surface area contributed by atoms with Crippen LogP contribution in [-0.2, 0) is 15.6 Å². The average molecular weight is 304 g/mol. The first-order valence-electron chi connectivity index (χ1n) is 6.26. The molecule has 1 unspecified atom stereocenters. The van der Waals surface area contributed by atoms with Crippen LogP contribution in [0.4, 0.5) is 11.4 Å². The van der Waals surface area contributed by atoms with Gasteiger partial charge in [-0.2, -0.15) is 0 Å². The molecule has 110 valence electrons. The summed E-state index contributed by atoms with van der Waals surface area (Å²) in [6, 6.07) is 13.7. The number of nitrogen functional groups attached to an aromatic ring is 1. The van der Waals surface area contributed by atoms with E-state index >= 15 is 0 Å². The van der Waals surface area contributed by atoms with E-state index in [0.29, 0.717) is 22.0 Å². The van der Waals surface area contributed by atoms with Crippen molar-refractivity contribution in [1.82, 2.24) is 0 Å². The first kappa shape index (κ1) is 15.1. The number of methoxy groups -OCH3 is 1. The molecule has 21 heavy (non-hydrogen) atoms. The highest BCUT2D eigenvalue weighted by molar-refractivity contribution is 7.85. The highest BCUT2D eigenvalue weighted by Crippen LogP contribution is 2.17. The monoisotopic (exact) mass is 304 g/mol. The lowest BCUT2D eigenvalue weighted by Crippen LogP contribution is -2.19. The number of nitrogens with one attached hydrogen (secondary N) is 1. The Morgan fingerprint density at radius 1 is 1.24 bits per heavy atom. The van der Waals surface area contributed by atoms with Gasteiger partial charge in [0, 0.05) is 22.3 Å². The minimum absolute atomic E-state index is 0.124. The summed E-state index contributed by atoms with van der Waals surface area (Å²) in [5.41, 5.74) is 6.76. The molecule has 1 amide bonds. The molecule has 0 bridgehead atoms. The number of carbonyl (C=O) groups excluding carboxylic acids is 1. The molecule has 2 aromatic carbocycles. The second kappa shape index (κ2) is 6.90. The van der Waals surface area contributed by atoms with Crippen molar-refractivity contribution in [3.8, 4) is 5.75 Å². The molecule has 0 fully saturated rings. The van der Waals surface area contributed by atoms with Crippen LogP contribution in [0.1, 0.15) is 0 Å². The number of anilines is 2. The second-order valence-corrected chi connectivity index (χ2v) is 5.79. The Morgan fingerprint density at radius 3 is 2.71 bits per heavy atom. The van der Waals surface area contributed by atoms with Gasteiger partial charge in [-0.25, -0.2) is 0 Å². The molecule has 0 saturated heterocycles. The van der Waals surface area contributed by atoms with Crippen LogP contribution in [0.2, 0.25) is 0 Å². The fourth-order valence-corrected chi connectivity index (χ4v) is 2.73. The van der Waals surface area contributed by atoms with E-state index in [4.69, 9.17) is 10.5 Å². The molecule has 0 heterocycles. The van der Waals surface area contributed by atoms with Gasteiger partial charge in [0.1, 0.15) is 11.5 Å². The molecule has 6 heteroatoms. The van der Waals surface area contributed by atoms with Gasteiger partial charge in [-0.05, 0) is 30.3 Å². The van der Waals surface area contributed by atoms with Crippen LogP contribution in [0, 0.1) is 0 Å². The summed E-state index contributed by atoms with van der Waals surface area (Å²) in [5.74, 6) is 0.189. The Labute approximate surface area is 125 Å². The first-order chi connectivity index (χ1) is 10.1. The molecule has 0 aromatic heterocycles. The minimum Gasteiger partial charge on any atom is -0.497 e. The van der Waals surface area contributed by atoms with Crippen LogP contribution < -0.4 is 15.8 Å². The molecule has 5 nitrogen and oxygen atoms in total. The third-order valence-electron chi connectivity index (χ3n) is 2.74. The van der Waals surface area contributed by atoms with Crippen LogP contribution in [-0.4, -0.2) is 23.0 Å². The molecule has 0 saturated carbocycles. The molecule has 0 spiro atoms. The largest absolute Gasteiger partial charge is 0.497 e. The minimum atomic E-state index is -1.43. The number of nitrogens with two attached hydrogens (primary N) is 1.